The quantitative estimate of drug-likeness (QED) is 0.152. The van der Waals surface area contributed by atoms with Crippen molar-refractivity contribution in [2.24, 2.45) is 0 Å². The normalized spacial score (nSPS) is 11.5. The van der Waals surface area contributed by atoms with Crippen LogP contribution in [0.25, 0.3) is 233 Å². The summed E-state index contributed by atoms with van der Waals surface area (Å²) in [5, 5.41) is 12.3. The molecule has 0 amide bonds. The van der Waals surface area contributed by atoms with Crippen LogP contribution in [0.2, 0.25) is 0 Å². The molecule has 142 heavy (non-hydrogen) atoms. The molecule has 0 atom stereocenters. The first-order chi connectivity index (χ1) is 69.7. The fraction of sp³-hybridized carbons (Fsp3) is 0.0645. The van der Waals surface area contributed by atoms with Gasteiger partial charge in [0.15, 0.2) is 17.5 Å². The maximum absolute atomic E-state index is 5.12. The first kappa shape index (κ1) is 88.5. The highest BCUT2D eigenvalue weighted by Crippen LogP contribution is 2.46. The van der Waals surface area contributed by atoms with E-state index in [4.69, 9.17) is 29.9 Å². The molecule has 0 aliphatic rings. The van der Waals surface area contributed by atoms with Crippen LogP contribution >= 0.6 is 68.0 Å². The van der Waals surface area contributed by atoms with Crippen molar-refractivity contribution >= 4 is 233 Å². The molecule has 15 aromatic carbocycles. The molecule has 0 radical (unpaired) electrons. The summed E-state index contributed by atoms with van der Waals surface area (Å²) < 4.78 is 19.7. The predicted molar refractivity (Wildman–Crippen MR) is 608 cm³/mol. The Bertz CT molecular complexity index is 9880. The van der Waals surface area contributed by atoms with Crippen molar-refractivity contribution in [2.45, 2.75) is 55.4 Å². The van der Waals surface area contributed by atoms with Crippen LogP contribution < -0.4 is 0 Å². The maximum atomic E-state index is 5.12. The summed E-state index contributed by atoms with van der Waals surface area (Å²) in [5.41, 5.74) is 29.8. The van der Waals surface area contributed by atoms with Crippen molar-refractivity contribution in [3.8, 4) is 67.8 Å². The molecule has 0 aliphatic heterocycles. The van der Waals surface area contributed by atoms with E-state index in [2.05, 4.69) is 441 Å². The molecule has 12 nitrogen and oxygen atoms in total. The molecule has 0 bridgehead atoms. The molecule has 0 saturated carbocycles. The lowest BCUT2D eigenvalue weighted by atomic mass is 10.0. The van der Waals surface area contributed by atoms with Crippen molar-refractivity contribution in [2.75, 3.05) is 0 Å². The zero-order valence-corrected chi connectivity index (χ0v) is 83.7. The summed E-state index contributed by atoms with van der Waals surface area (Å²) in [4.78, 5) is 47.6. The van der Waals surface area contributed by atoms with Gasteiger partial charge >= 0.3 is 0 Å². The standard InChI is InChI=1S/2C29H19N3S.C18H14N2S.2C18H13NS.C12H10N2S/c1-18-28-27(21-13-6-8-17-25(21)33-28)31-29(30-18)22-14-9-16-24-26(22)20-12-5-7-15-23(20)32(24)19-10-3-2-4-11-19;1-18-28-27(23-12-6-8-14-26(23)33-28)31-29(30-18)19-15-16-22-21-11-5-7-13-24(21)32(25(22)17-19)20-9-3-2-4-10-20;1-11-7-9-13(10-8-11)18-19-12(2)17-16(20-18)14-5-3-4-6-15(14)21-17;1-12-9-10-19-17-15-11-14(13-5-3-2-4-6-13)7-8-16(15)20-18(12)17;1-12-9-10-19-17-15-8-7-14(11-16(15)20-18(12)17)13-5-3-2-4-6-13;1-7-12-11(14-8(2)13-7)9-5-3-4-6-10(9)15-12/h2*2-17H,1H3;3-10H,1-2H3;2*2-11H,1H3;3-6H,1-2H3. The zero-order chi connectivity index (χ0) is 95.7. The molecular formula is C124H88N12S6. The Balaban J connectivity index is 0.0000000940. The third-order valence-corrected chi connectivity index (χ3v) is 33.8. The number of fused-ring (bicyclic) bond motifs is 24. The monoisotopic (exact) mass is 1940 g/mol. The number of para-hydroxylation sites is 4. The van der Waals surface area contributed by atoms with E-state index in [1.54, 1.807) is 45.3 Å². The van der Waals surface area contributed by atoms with Gasteiger partial charge in [0.05, 0.1) is 106 Å². The minimum Gasteiger partial charge on any atom is -0.309 e. The van der Waals surface area contributed by atoms with Gasteiger partial charge in [-0.25, -0.2) is 39.9 Å². The minimum absolute atomic E-state index is 0.773. The Kier molecular flexibility index (Phi) is 23.4. The average molecular weight is 1940 g/mol. The number of thiophene rings is 6. The third-order valence-electron chi connectivity index (χ3n) is 26.2. The van der Waals surface area contributed by atoms with Crippen LogP contribution in [0.4, 0.5) is 0 Å². The van der Waals surface area contributed by atoms with Gasteiger partial charge in [0, 0.05) is 123 Å². The van der Waals surface area contributed by atoms with Crippen LogP contribution in [0.3, 0.4) is 0 Å². The van der Waals surface area contributed by atoms with Gasteiger partial charge in [-0.2, -0.15) is 0 Å². The van der Waals surface area contributed by atoms with Gasteiger partial charge in [0.25, 0.3) is 0 Å². The third kappa shape index (κ3) is 16.5. The number of aryl methyl sites for hydroxylation is 8. The number of benzene rings is 15. The number of nitrogens with zero attached hydrogens (tertiary/aromatic N) is 12. The van der Waals surface area contributed by atoms with Crippen LogP contribution in [0.1, 0.15) is 45.3 Å². The highest BCUT2D eigenvalue weighted by molar-refractivity contribution is 7.28. The SMILES string of the molecule is Cc1ccc(-c2nc(C)c3sc4ccccc4c3n2)cc1.Cc1ccnc2c1sc1cc(-c3ccccc3)ccc12.Cc1ccnc2c1sc1ccc(-c3ccccc3)cc12.Cc1nc(-c2ccc3c4ccccc4n(-c4ccccc4)c3c2)nc2c1sc1ccccc12.Cc1nc(-c2cccc3c2c2ccccc2n3-c2ccccc2)nc2c1sc1ccccc12.Cc1nc(C)c2sc3ccccc3c2n1. The lowest BCUT2D eigenvalue weighted by Crippen LogP contribution is -1.95. The average Bonchev–Trinajstić information content (AvgIpc) is 1.52. The predicted octanol–water partition coefficient (Wildman–Crippen LogP) is 35.3. The number of rotatable bonds is 7. The van der Waals surface area contributed by atoms with Gasteiger partial charge < -0.3 is 9.13 Å². The largest absolute Gasteiger partial charge is 0.309 e. The Morgan fingerprint density at radius 1 is 0.204 bits per heavy atom. The first-order valence-corrected chi connectivity index (χ1v) is 52.1. The summed E-state index contributed by atoms with van der Waals surface area (Å²) in [6.45, 7) is 16.6. The van der Waals surface area contributed by atoms with E-state index in [1.165, 1.54) is 160 Å². The Hall–Kier alpha value is -16.2. The van der Waals surface area contributed by atoms with Crippen molar-refractivity contribution in [1.29, 1.82) is 0 Å². The summed E-state index contributed by atoms with van der Waals surface area (Å²) in [7, 11) is 0. The molecular weight excluding hydrogens is 1850 g/mol. The van der Waals surface area contributed by atoms with Crippen LogP contribution in [0.15, 0.2) is 389 Å². The van der Waals surface area contributed by atoms with Gasteiger partial charge in [0.2, 0.25) is 0 Å². The van der Waals surface area contributed by atoms with E-state index < -0.39 is 0 Å². The van der Waals surface area contributed by atoms with Crippen molar-refractivity contribution < 1.29 is 0 Å². The lowest BCUT2D eigenvalue weighted by molar-refractivity contribution is 1.06. The maximum Gasteiger partial charge on any atom is 0.160 e. The number of aromatic nitrogens is 12. The van der Waals surface area contributed by atoms with Gasteiger partial charge in [-0.05, 0) is 192 Å². The minimum atomic E-state index is 0.773. The summed E-state index contributed by atoms with van der Waals surface area (Å²) in [5.74, 6) is 3.22. The zero-order valence-electron chi connectivity index (χ0n) is 78.8. The second kappa shape index (κ2) is 37.5. The molecule has 18 heteroatoms. The van der Waals surface area contributed by atoms with Gasteiger partial charge in [-0.3, -0.25) is 9.97 Å². The molecule has 29 aromatic rings. The Morgan fingerprint density at radius 3 is 1.10 bits per heavy atom. The van der Waals surface area contributed by atoms with Gasteiger partial charge in [-0.15, -0.1) is 68.0 Å². The topological polar surface area (TPSA) is 139 Å². The van der Waals surface area contributed by atoms with Gasteiger partial charge in [-0.1, -0.05) is 279 Å². The van der Waals surface area contributed by atoms with Crippen molar-refractivity contribution in [3.63, 3.8) is 0 Å². The molecule has 14 heterocycles. The van der Waals surface area contributed by atoms with Crippen LogP contribution in [0.5, 0.6) is 0 Å². The highest BCUT2D eigenvalue weighted by Gasteiger charge is 2.24. The van der Waals surface area contributed by atoms with E-state index in [0.29, 0.717) is 0 Å². The molecule has 0 unspecified atom stereocenters. The number of pyridine rings is 2. The van der Waals surface area contributed by atoms with E-state index >= 15 is 0 Å². The van der Waals surface area contributed by atoms with Gasteiger partial charge in [0.1, 0.15) is 5.82 Å². The highest BCUT2D eigenvalue weighted by atomic mass is 32.1. The van der Waals surface area contributed by atoms with Crippen molar-refractivity contribution in [3.05, 3.63) is 434 Å². The summed E-state index contributed by atoms with van der Waals surface area (Å²) >= 11 is 10.7. The smallest absolute Gasteiger partial charge is 0.160 e. The molecule has 680 valence electrons. The fourth-order valence-electron chi connectivity index (χ4n) is 19.3. The fourth-order valence-corrected chi connectivity index (χ4v) is 26.0. The molecule has 0 spiro atoms. The molecule has 14 aromatic heterocycles. The van der Waals surface area contributed by atoms with Crippen LogP contribution in [0, 0.1) is 55.4 Å². The molecule has 0 saturated heterocycles. The summed E-state index contributed by atoms with van der Waals surface area (Å²) in [6, 6.07) is 132. The summed E-state index contributed by atoms with van der Waals surface area (Å²) in [6.07, 6.45) is 3.80. The van der Waals surface area contributed by atoms with E-state index in [9.17, 15) is 0 Å². The molecule has 0 N–H and O–H groups in total. The Labute approximate surface area is 842 Å². The second-order valence-corrected chi connectivity index (χ2v) is 41.8. The number of hydrogen-bond acceptors (Lipinski definition) is 16. The second-order valence-electron chi connectivity index (χ2n) is 35.5. The number of hydrogen-bond donors (Lipinski definition) is 0. The van der Waals surface area contributed by atoms with E-state index in [-0.39, 0.29) is 0 Å². The van der Waals surface area contributed by atoms with Crippen molar-refractivity contribution in [1.82, 2.24) is 59.0 Å². The Morgan fingerprint density at radius 2 is 0.563 bits per heavy atom. The molecule has 0 fully saturated rings. The molecule has 0 aliphatic carbocycles. The van der Waals surface area contributed by atoms with Crippen LogP contribution in [-0.4, -0.2) is 59.0 Å². The van der Waals surface area contributed by atoms with E-state index in [1.807, 2.05) is 55.0 Å². The van der Waals surface area contributed by atoms with E-state index in [0.717, 1.165) is 118 Å². The van der Waals surface area contributed by atoms with Crippen LogP contribution in [-0.2, 0) is 0 Å². The lowest BCUT2D eigenvalue weighted by Gasteiger charge is -2.09. The first-order valence-electron chi connectivity index (χ1n) is 47.2. The molecule has 29 rings (SSSR count).